The molecule has 1 N–H and O–H groups in total. The van der Waals surface area contributed by atoms with Crippen LogP contribution in [0.3, 0.4) is 0 Å². The zero-order chi connectivity index (χ0) is 16.7. The maximum Gasteiger partial charge on any atom is 0.252 e. The van der Waals surface area contributed by atoms with Crippen molar-refractivity contribution in [3.8, 4) is 11.5 Å². The Morgan fingerprint density at radius 3 is 2.43 bits per heavy atom. The average molecular weight is 331 g/mol. The molecule has 0 aliphatic rings. The molecule has 0 aromatic heterocycles. The van der Waals surface area contributed by atoms with Crippen molar-refractivity contribution in [3.05, 3.63) is 54.1 Å². The molecule has 4 nitrogen and oxygen atoms in total. The fourth-order valence-corrected chi connectivity index (χ4v) is 2.66. The molecule has 0 heterocycles. The largest absolute Gasteiger partial charge is 0.497 e. The molecule has 0 saturated carbocycles. The van der Waals surface area contributed by atoms with Gasteiger partial charge >= 0.3 is 0 Å². The van der Waals surface area contributed by atoms with Crippen molar-refractivity contribution < 1.29 is 14.3 Å². The predicted octanol–water partition coefficient (Wildman–Crippen LogP) is 3.61. The summed E-state index contributed by atoms with van der Waals surface area (Å²) >= 11 is 1.56. The molecule has 23 heavy (non-hydrogen) atoms. The standard InChI is InChI=1S/C18H21NO3S/c1-13(12-22-15-10-8-14(21-2)9-11-15)19-18(20)16-6-4-5-7-17(16)23-3/h4-11,13H,12H2,1-3H3,(H,19,20)/t13-/m0/s1. The van der Waals surface area contributed by atoms with E-state index in [0.29, 0.717) is 12.2 Å². The van der Waals surface area contributed by atoms with Gasteiger partial charge in [-0.15, -0.1) is 11.8 Å². The molecule has 2 rings (SSSR count). The first kappa shape index (κ1) is 17.2. The van der Waals surface area contributed by atoms with Gasteiger partial charge in [0.2, 0.25) is 0 Å². The van der Waals surface area contributed by atoms with Gasteiger partial charge < -0.3 is 14.8 Å². The molecule has 0 bridgehead atoms. The molecule has 0 saturated heterocycles. The lowest BCUT2D eigenvalue weighted by Crippen LogP contribution is -2.37. The van der Waals surface area contributed by atoms with Gasteiger partial charge in [0.25, 0.3) is 5.91 Å². The van der Waals surface area contributed by atoms with E-state index in [-0.39, 0.29) is 11.9 Å². The molecule has 0 unspecified atom stereocenters. The maximum atomic E-state index is 12.3. The summed E-state index contributed by atoms with van der Waals surface area (Å²) in [5, 5.41) is 2.96. The summed E-state index contributed by atoms with van der Waals surface area (Å²) in [6.07, 6.45) is 1.96. The van der Waals surface area contributed by atoms with E-state index < -0.39 is 0 Å². The smallest absolute Gasteiger partial charge is 0.252 e. The van der Waals surface area contributed by atoms with Crippen LogP contribution in [-0.4, -0.2) is 31.9 Å². The molecule has 5 heteroatoms. The Labute approximate surface area is 141 Å². The molecule has 0 aliphatic carbocycles. The molecule has 122 valence electrons. The zero-order valence-electron chi connectivity index (χ0n) is 13.5. The summed E-state index contributed by atoms with van der Waals surface area (Å²) in [5.41, 5.74) is 0.691. The van der Waals surface area contributed by atoms with Crippen LogP contribution in [0.5, 0.6) is 11.5 Å². The monoisotopic (exact) mass is 331 g/mol. The number of hydrogen-bond acceptors (Lipinski definition) is 4. The van der Waals surface area contributed by atoms with Gasteiger partial charge in [-0.1, -0.05) is 12.1 Å². The summed E-state index contributed by atoms with van der Waals surface area (Å²) in [6, 6.07) is 14.8. The fraction of sp³-hybridized carbons (Fsp3) is 0.278. The van der Waals surface area contributed by atoms with Gasteiger partial charge in [-0.05, 0) is 49.6 Å². The van der Waals surface area contributed by atoms with Crippen molar-refractivity contribution in [1.82, 2.24) is 5.32 Å². The minimum absolute atomic E-state index is 0.0826. The lowest BCUT2D eigenvalue weighted by Gasteiger charge is -2.16. The van der Waals surface area contributed by atoms with Gasteiger partial charge in [-0.25, -0.2) is 0 Å². The number of thioether (sulfide) groups is 1. The van der Waals surface area contributed by atoms with Crippen molar-refractivity contribution in [1.29, 1.82) is 0 Å². The van der Waals surface area contributed by atoms with Gasteiger partial charge in [-0.2, -0.15) is 0 Å². The summed E-state index contributed by atoms with van der Waals surface area (Å²) in [7, 11) is 1.62. The summed E-state index contributed by atoms with van der Waals surface area (Å²) < 4.78 is 10.8. The number of methoxy groups -OCH3 is 1. The predicted molar refractivity (Wildman–Crippen MR) is 93.6 cm³/mol. The number of rotatable bonds is 7. The van der Waals surface area contributed by atoms with Crippen LogP contribution >= 0.6 is 11.8 Å². The van der Waals surface area contributed by atoms with E-state index in [1.807, 2.05) is 61.7 Å². The van der Waals surface area contributed by atoms with E-state index in [1.54, 1.807) is 18.9 Å². The lowest BCUT2D eigenvalue weighted by atomic mass is 10.2. The van der Waals surface area contributed by atoms with Crippen molar-refractivity contribution in [2.45, 2.75) is 17.9 Å². The van der Waals surface area contributed by atoms with E-state index in [1.165, 1.54) is 0 Å². The van der Waals surface area contributed by atoms with Crippen LogP contribution in [0.15, 0.2) is 53.4 Å². The van der Waals surface area contributed by atoms with Crippen LogP contribution in [-0.2, 0) is 0 Å². The molecule has 0 radical (unpaired) electrons. The van der Waals surface area contributed by atoms with Crippen LogP contribution in [0.25, 0.3) is 0 Å². The third-order valence-corrected chi connectivity index (χ3v) is 4.08. The highest BCUT2D eigenvalue weighted by molar-refractivity contribution is 7.98. The third-order valence-electron chi connectivity index (χ3n) is 3.29. The SMILES string of the molecule is COc1ccc(OC[C@H](C)NC(=O)c2ccccc2SC)cc1. The Balaban J connectivity index is 1.88. The fourth-order valence-electron chi connectivity index (χ4n) is 2.07. The lowest BCUT2D eigenvalue weighted by molar-refractivity contribution is 0.0923. The van der Waals surface area contributed by atoms with Gasteiger partial charge in [0, 0.05) is 4.90 Å². The first-order valence-corrected chi connectivity index (χ1v) is 8.57. The van der Waals surface area contributed by atoms with E-state index >= 15 is 0 Å². The highest BCUT2D eigenvalue weighted by atomic mass is 32.2. The summed E-state index contributed by atoms with van der Waals surface area (Å²) in [4.78, 5) is 13.3. The van der Waals surface area contributed by atoms with E-state index in [9.17, 15) is 4.79 Å². The van der Waals surface area contributed by atoms with Crippen LogP contribution < -0.4 is 14.8 Å². The van der Waals surface area contributed by atoms with Crippen LogP contribution in [0.2, 0.25) is 0 Å². The van der Waals surface area contributed by atoms with Gasteiger partial charge in [0.15, 0.2) is 0 Å². The van der Waals surface area contributed by atoms with Crippen molar-refractivity contribution in [3.63, 3.8) is 0 Å². The normalized spacial score (nSPS) is 11.6. The van der Waals surface area contributed by atoms with Crippen molar-refractivity contribution in [2.24, 2.45) is 0 Å². The van der Waals surface area contributed by atoms with E-state index in [4.69, 9.17) is 9.47 Å². The van der Waals surface area contributed by atoms with Crippen LogP contribution in [0.4, 0.5) is 0 Å². The van der Waals surface area contributed by atoms with E-state index in [0.717, 1.165) is 16.4 Å². The second-order valence-electron chi connectivity index (χ2n) is 5.06. The molecular weight excluding hydrogens is 310 g/mol. The quantitative estimate of drug-likeness (QED) is 0.787. The van der Waals surface area contributed by atoms with Gasteiger partial charge in [0.05, 0.1) is 18.7 Å². The van der Waals surface area contributed by atoms with Gasteiger partial charge in [-0.3, -0.25) is 4.79 Å². The Bertz CT molecular complexity index is 643. The molecule has 0 spiro atoms. The molecule has 0 aliphatic heterocycles. The first-order chi connectivity index (χ1) is 11.1. The number of amides is 1. The number of hydrogen-bond donors (Lipinski definition) is 1. The van der Waals surface area contributed by atoms with Crippen molar-refractivity contribution >= 4 is 17.7 Å². The number of benzene rings is 2. The number of nitrogens with one attached hydrogen (secondary N) is 1. The Morgan fingerprint density at radius 1 is 1.13 bits per heavy atom. The van der Waals surface area contributed by atoms with Crippen LogP contribution in [0, 0.1) is 0 Å². The number of carbonyl (C=O) groups is 1. The molecular formula is C18H21NO3S. The average Bonchev–Trinajstić information content (AvgIpc) is 2.60. The van der Waals surface area contributed by atoms with E-state index in [2.05, 4.69) is 5.32 Å². The molecule has 2 aromatic rings. The zero-order valence-corrected chi connectivity index (χ0v) is 14.4. The van der Waals surface area contributed by atoms with Crippen molar-refractivity contribution in [2.75, 3.05) is 20.0 Å². The second-order valence-corrected chi connectivity index (χ2v) is 5.91. The minimum Gasteiger partial charge on any atom is -0.497 e. The topological polar surface area (TPSA) is 47.6 Å². The first-order valence-electron chi connectivity index (χ1n) is 7.34. The Kier molecular flexibility index (Phi) is 6.35. The maximum absolute atomic E-state index is 12.3. The second kappa shape index (κ2) is 8.48. The minimum atomic E-state index is -0.0977. The number of ether oxygens (including phenoxy) is 2. The highest BCUT2D eigenvalue weighted by Gasteiger charge is 2.13. The summed E-state index contributed by atoms with van der Waals surface area (Å²) in [6.45, 7) is 2.32. The Hall–Kier alpha value is -2.14. The molecule has 1 amide bonds. The Morgan fingerprint density at radius 2 is 1.78 bits per heavy atom. The third kappa shape index (κ3) is 4.93. The summed E-state index contributed by atoms with van der Waals surface area (Å²) in [5.74, 6) is 1.45. The molecule has 0 fully saturated rings. The highest BCUT2D eigenvalue weighted by Crippen LogP contribution is 2.20. The van der Waals surface area contributed by atoms with Gasteiger partial charge in [0.1, 0.15) is 18.1 Å². The van der Waals surface area contributed by atoms with Crippen LogP contribution in [0.1, 0.15) is 17.3 Å². The number of carbonyl (C=O) groups excluding carboxylic acids is 1. The molecule has 1 atom stereocenters. The molecule has 2 aromatic carbocycles.